The summed E-state index contributed by atoms with van der Waals surface area (Å²) in [5, 5.41) is -0.253. The molecule has 0 N–H and O–H groups in total. The van der Waals surface area contributed by atoms with Crippen molar-refractivity contribution in [3.05, 3.63) is 105 Å². The number of nitrogens with zero attached hydrogens (tertiary/aromatic N) is 1. The van der Waals surface area contributed by atoms with E-state index in [0.717, 1.165) is 32.9 Å². The average molecular weight is 480 g/mol. The molecule has 6 heteroatoms. The molecule has 1 aliphatic heterocycles. The lowest BCUT2D eigenvalue weighted by molar-refractivity contribution is -0.123. The molecule has 0 saturated carbocycles. The number of carbonyl (C=O) groups excluding carboxylic acids is 2. The first-order chi connectivity index (χ1) is 14.6. The zero-order valence-electron chi connectivity index (χ0n) is 16.0. The van der Waals surface area contributed by atoms with Gasteiger partial charge in [-0.15, -0.1) is 0 Å². The molecule has 0 radical (unpaired) electrons. The molecule has 2 amide bonds. The molecule has 1 fully saturated rings. The highest BCUT2D eigenvalue weighted by atomic mass is 79.9. The first-order valence-corrected chi connectivity index (χ1v) is 11.0. The van der Waals surface area contributed by atoms with Crippen LogP contribution in [0, 0.1) is 0 Å². The fourth-order valence-electron chi connectivity index (χ4n) is 3.01. The minimum Gasteiger partial charge on any atom is -0.488 e. The summed E-state index contributed by atoms with van der Waals surface area (Å²) in [5.74, 6) is 0.447. The maximum Gasteiger partial charge on any atom is 0.293 e. The standard InChI is InChI=1S/C24H18BrNO3S/c25-20-13-19(11-12-21(20)29-16-18-9-5-2-6-10-18)14-22-23(27)26(24(28)30-22)15-17-7-3-1-4-8-17/h1-14H,15-16H2/b22-14+. The zero-order valence-corrected chi connectivity index (χ0v) is 18.4. The molecule has 3 aromatic carbocycles. The van der Waals surface area contributed by atoms with E-state index in [1.807, 2.05) is 78.9 Å². The summed E-state index contributed by atoms with van der Waals surface area (Å²) in [6, 6.07) is 25.0. The molecule has 0 unspecified atom stereocenters. The van der Waals surface area contributed by atoms with Gasteiger partial charge in [0.2, 0.25) is 0 Å². The second-order valence-corrected chi connectivity index (χ2v) is 8.57. The Morgan fingerprint density at radius 1 is 0.900 bits per heavy atom. The van der Waals surface area contributed by atoms with Gasteiger partial charge in [-0.1, -0.05) is 66.7 Å². The van der Waals surface area contributed by atoms with Gasteiger partial charge in [-0.05, 0) is 62.6 Å². The van der Waals surface area contributed by atoms with E-state index < -0.39 is 0 Å². The highest BCUT2D eigenvalue weighted by Gasteiger charge is 2.34. The molecule has 0 atom stereocenters. The van der Waals surface area contributed by atoms with Crippen LogP contribution in [-0.2, 0) is 17.9 Å². The van der Waals surface area contributed by atoms with Gasteiger partial charge in [0.15, 0.2) is 0 Å². The molecule has 0 bridgehead atoms. The van der Waals surface area contributed by atoms with Crippen LogP contribution in [0.25, 0.3) is 6.08 Å². The van der Waals surface area contributed by atoms with E-state index in [0.29, 0.717) is 17.3 Å². The Labute approximate surface area is 187 Å². The summed E-state index contributed by atoms with van der Waals surface area (Å²) in [7, 11) is 0. The molecular weight excluding hydrogens is 462 g/mol. The van der Waals surface area contributed by atoms with Crippen LogP contribution in [0.1, 0.15) is 16.7 Å². The number of carbonyl (C=O) groups is 2. The first kappa shape index (κ1) is 20.4. The third-order valence-electron chi connectivity index (χ3n) is 4.55. The van der Waals surface area contributed by atoms with E-state index in [2.05, 4.69) is 15.9 Å². The molecule has 3 aromatic rings. The van der Waals surface area contributed by atoms with Crippen LogP contribution >= 0.6 is 27.7 Å². The maximum absolute atomic E-state index is 12.7. The van der Waals surface area contributed by atoms with E-state index in [9.17, 15) is 9.59 Å². The van der Waals surface area contributed by atoms with Crippen molar-refractivity contribution in [3.63, 3.8) is 0 Å². The molecule has 4 rings (SSSR count). The van der Waals surface area contributed by atoms with Crippen molar-refractivity contribution >= 4 is 44.9 Å². The fourth-order valence-corrected chi connectivity index (χ4v) is 4.36. The van der Waals surface area contributed by atoms with Gasteiger partial charge in [-0.25, -0.2) is 0 Å². The molecule has 4 nitrogen and oxygen atoms in total. The van der Waals surface area contributed by atoms with Gasteiger partial charge in [0.25, 0.3) is 11.1 Å². The van der Waals surface area contributed by atoms with Crippen molar-refractivity contribution < 1.29 is 14.3 Å². The highest BCUT2D eigenvalue weighted by Crippen LogP contribution is 2.34. The molecular formula is C24H18BrNO3S. The number of ether oxygens (including phenoxy) is 1. The van der Waals surface area contributed by atoms with Crippen LogP contribution in [-0.4, -0.2) is 16.0 Å². The van der Waals surface area contributed by atoms with E-state index >= 15 is 0 Å². The third-order valence-corrected chi connectivity index (χ3v) is 6.08. The van der Waals surface area contributed by atoms with Crippen molar-refractivity contribution in [1.29, 1.82) is 0 Å². The van der Waals surface area contributed by atoms with Gasteiger partial charge in [-0.3, -0.25) is 14.5 Å². The normalized spacial score (nSPS) is 15.1. The Morgan fingerprint density at radius 2 is 1.57 bits per heavy atom. The number of thioether (sulfide) groups is 1. The number of amides is 2. The number of benzene rings is 3. The molecule has 1 saturated heterocycles. The number of hydrogen-bond donors (Lipinski definition) is 0. The second-order valence-electron chi connectivity index (χ2n) is 6.72. The smallest absolute Gasteiger partial charge is 0.293 e. The van der Waals surface area contributed by atoms with E-state index in [-0.39, 0.29) is 17.7 Å². The van der Waals surface area contributed by atoms with E-state index in [1.165, 1.54) is 4.90 Å². The van der Waals surface area contributed by atoms with Crippen molar-refractivity contribution in [2.75, 3.05) is 0 Å². The molecule has 30 heavy (non-hydrogen) atoms. The summed E-state index contributed by atoms with van der Waals surface area (Å²) >= 11 is 4.50. The van der Waals surface area contributed by atoms with Crippen LogP contribution in [0.2, 0.25) is 0 Å². The summed E-state index contributed by atoms with van der Waals surface area (Å²) in [5.41, 5.74) is 2.82. The predicted molar refractivity (Wildman–Crippen MR) is 123 cm³/mol. The quantitative estimate of drug-likeness (QED) is 0.391. The van der Waals surface area contributed by atoms with Gasteiger partial charge in [0.05, 0.1) is 15.9 Å². The first-order valence-electron chi connectivity index (χ1n) is 9.36. The number of rotatable bonds is 6. The van der Waals surface area contributed by atoms with Gasteiger partial charge in [-0.2, -0.15) is 0 Å². The lowest BCUT2D eigenvalue weighted by atomic mass is 10.2. The van der Waals surface area contributed by atoms with Crippen LogP contribution < -0.4 is 4.74 Å². The Balaban J connectivity index is 1.46. The monoisotopic (exact) mass is 479 g/mol. The number of hydrogen-bond acceptors (Lipinski definition) is 4. The minimum absolute atomic E-state index is 0.253. The largest absolute Gasteiger partial charge is 0.488 e. The maximum atomic E-state index is 12.7. The van der Waals surface area contributed by atoms with Crippen LogP contribution in [0.15, 0.2) is 88.2 Å². The minimum atomic E-state index is -0.269. The Hall–Kier alpha value is -2.83. The summed E-state index contributed by atoms with van der Waals surface area (Å²) in [6.45, 7) is 0.746. The molecule has 0 aromatic heterocycles. The summed E-state index contributed by atoms with van der Waals surface area (Å²) in [6.07, 6.45) is 1.74. The number of imide groups is 1. The zero-order chi connectivity index (χ0) is 20.9. The fraction of sp³-hybridized carbons (Fsp3) is 0.0833. The highest BCUT2D eigenvalue weighted by molar-refractivity contribution is 9.10. The van der Waals surface area contributed by atoms with Crippen LogP contribution in [0.4, 0.5) is 4.79 Å². The van der Waals surface area contributed by atoms with Gasteiger partial charge < -0.3 is 4.74 Å². The lowest BCUT2D eigenvalue weighted by Gasteiger charge is -2.12. The van der Waals surface area contributed by atoms with E-state index in [4.69, 9.17) is 4.74 Å². The molecule has 1 aliphatic rings. The predicted octanol–water partition coefficient (Wildman–Crippen LogP) is 6.26. The topological polar surface area (TPSA) is 46.6 Å². The van der Waals surface area contributed by atoms with Gasteiger partial charge >= 0.3 is 0 Å². The third kappa shape index (κ3) is 4.83. The van der Waals surface area contributed by atoms with Crippen molar-refractivity contribution in [3.8, 4) is 5.75 Å². The molecule has 1 heterocycles. The van der Waals surface area contributed by atoms with Crippen molar-refractivity contribution in [2.24, 2.45) is 0 Å². The van der Waals surface area contributed by atoms with Crippen molar-refractivity contribution in [2.45, 2.75) is 13.2 Å². The summed E-state index contributed by atoms with van der Waals surface area (Å²) in [4.78, 5) is 26.7. The second kappa shape index (κ2) is 9.32. The summed E-state index contributed by atoms with van der Waals surface area (Å²) < 4.78 is 6.66. The van der Waals surface area contributed by atoms with Crippen LogP contribution in [0.3, 0.4) is 0 Å². The van der Waals surface area contributed by atoms with Gasteiger partial charge in [0.1, 0.15) is 12.4 Å². The van der Waals surface area contributed by atoms with Crippen LogP contribution in [0.5, 0.6) is 5.75 Å². The SMILES string of the molecule is O=C1S/C(=C/c2ccc(OCc3ccccc3)c(Br)c2)C(=O)N1Cc1ccccc1. The molecule has 150 valence electrons. The molecule has 0 aliphatic carbocycles. The van der Waals surface area contributed by atoms with Crippen molar-refractivity contribution in [1.82, 2.24) is 4.90 Å². The molecule has 0 spiro atoms. The lowest BCUT2D eigenvalue weighted by Crippen LogP contribution is -2.27. The van der Waals surface area contributed by atoms with E-state index in [1.54, 1.807) is 6.08 Å². The number of halogens is 1. The van der Waals surface area contributed by atoms with Gasteiger partial charge in [0, 0.05) is 0 Å². The Morgan fingerprint density at radius 3 is 2.23 bits per heavy atom. The Bertz CT molecular complexity index is 1100. The average Bonchev–Trinajstić information content (AvgIpc) is 3.02. The Kier molecular flexibility index (Phi) is 6.35.